The van der Waals surface area contributed by atoms with Crippen molar-refractivity contribution >= 4 is 37.6 Å². The lowest BCUT2D eigenvalue weighted by Gasteiger charge is -2.23. The molecule has 5 rings (SSSR count). The highest BCUT2D eigenvalue weighted by atomic mass is 79.9. The summed E-state index contributed by atoms with van der Waals surface area (Å²) in [6.07, 6.45) is 2.47. The van der Waals surface area contributed by atoms with E-state index < -0.39 is 21.9 Å². The Balaban J connectivity index is 1.48. The van der Waals surface area contributed by atoms with Crippen molar-refractivity contribution in [1.29, 1.82) is 0 Å². The minimum atomic E-state index is -3.90. The van der Waals surface area contributed by atoms with Gasteiger partial charge in [0.2, 0.25) is 10.0 Å². The van der Waals surface area contributed by atoms with Crippen LogP contribution in [0.25, 0.3) is 22.6 Å². The van der Waals surface area contributed by atoms with Gasteiger partial charge in [-0.2, -0.15) is 4.31 Å². The largest absolute Gasteiger partial charge is 0.392 e. The molecule has 0 spiro atoms. The summed E-state index contributed by atoms with van der Waals surface area (Å²) < 4.78 is 42.4. The van der Waals surface area contributed by atoms with Crippen LogP contribution in [0.4, 0.5) is 4.39 Å². The number of imidazole rings is 1. The fraction of sp³-hybridized carbons (Fsp3) is 0.318. The number of benzene rings is 2. The van der Waals surface area contributed by atoms with Crippen LogP contribution in [-0.4, -0.2) is 47.0 Å². The molecule has 1 aliphatic carbocycles. The number of aromatic nitrogens is 2. The number of nitrogens with one attached hydrogen (secondary N) is 1. The quantitative estimate of drug-likeness (QED) is 0.503. The first-order valence-electron chi connectivity index (χ1n) is 10.2. The average Bonchev–Trinajstić information content (AvgIpc) is 3.31. The zero-order valence-corrected chi connectivity index (χ0v) is 20.0. The van der Waals surface area contributed by atoms with Crippen molar-refractivity contribution in [3.63, 3.8) is 0 Å². The molecule has 2 aromatic carbocycles. The molecule has 0 amide bonds. The molecule has 2 aliphatic rings. The zero-order chi connectivity index (χ0) is 22.6. The van der Waals surface area contributed by atoms with Crippen molar-refractivity contribution in [2.45, 2.75) is 23.8 Å². The first-order chi connectivity index (χ1) is 15.2. The van der Waals surface area contributed by atoms with Crippen LogP contribution in [0, 0.1) is 17.7 Å². The van der Waals surface area contributed by atoms with Crippen molar-refractivity contribution in [2.24, 2.45) is 11.8 Å². The van der Waals surface area contributed by atoms with E-state index in [0.717, 1.165) is 6.42 Å². The van der Waals surface area contributed by atoms with E-state index >= 15 is 0 Å². The molecule has 2 heterocycles. The molecule has 2 fully saturated rings. The van der Waals surface area contributed by atoms with Crippen molar-refractivity contribution in [1.82, 2.24) is 14.3 Å². The highest BCUT2D eigenvalue weighted by Gasteiger charge is 2.45. The highest BCUT2D eigenvalue weighted by Crippen LogP contribution is 2.45. The lowest BCUT2D eigenvalue weighted by atomic mass is 10.2. The van der Waals surface area contributed by atoms with E-state index in [-0.39, 0.29) is 16.5 Å². The Labute approximate surface area is 198 Å². The van der Waals surface area contributed by atoms with E-state index in [0.29, 0.717) is 51.9 Å². The summed E-state index contributed by atoms with van der Waals surface area (Å²) in [4.78, 5) is 7.44. The van der Waals surface area contributed by atoms with E-state index in [4.69, 9.17) is 11.6 Å². The molecule has 1 saturated heterocycles. The number of β-amino-alcohol motifs (C(OH)–C–C–N with tert-alkyl or cyclic N) is 1. The molecule has 0 bridgehead atoms. The number of aliphatic hydroxyl groups is 1. The van der Waals surface area contributed by atoms with Gasteiger partial charge >= 0.3 is 0 Å². The van der Waals surface area contributed by atoms with E-state index in [9.17, 15) is 17.9 Å². The topological polar surface area (TPSA) is 86.3 Å². The van der Waals surface area contributed by atoms with E-state index in [2.05, 4.69) is 25.9 Å². The van der Waals surface area contributed by atoms with Gasteiger partial charge in [-0.1, -0.05) is 17.7 Å². The van der Waals surface area contributed by atoms with Gasteiger partial charge in [-0.05, 0) is 70.9 Å². The molecule has 3 atom stereocenters. The number of rotatable bonds is 4. The number of halogens is 3. The summed E-state index contributed by atoms with van der Waals surface area (Å²) in [7, 11) is -3.90. The van der Waals surface area contributed by atoms with Crippen LogP contribution in [0.15, 0.2) is 52.0 Å². The molecule has 10 heteroatoms. The van der Waals surface area contributed by atoms with Crippen LogP contribution < -0.4 is 0 Å². The zero-order valence-electron chi connectivity index (χ0n) is 16.8. The molecular weight excluding hydrogens is 521 g/mol. The Kier molecular flexibility index (Phi) is 5.66. The number of sulfonamides is 1. The summed E-state index contributed by atoms with van der Waals surface area (Å²) in [6, 6.07) is 9.44. The van der Waals surface area contributed by atoms with Gasteiger partial charge in [0.15, 0.2) is 0 Å². The van der Waals surface area contributed by atoms with Crippen LogP contribution in [0.1, 0.15) is 12.8 Å². The Morgan fingerprint density at radius 2 is 1.91 bits per heavy atom. The van der Waals surface area contributed by atoms with Crippen LogP contribution in [-0.2, 0) is 10.0 Å². The number of aliphatic hydroxyl groups excluding tert-OH is 1. The fourth-order valence-corrected chi connectivity index (χ4v) is 6.56. The molecule has 1 aromatic heterocycles. The summed E-state index contributed by atoms with van der Waals surface area (Å²) in [5, 5.41) is 10.3. The second kappa shape index (κ2) is 8.22. The molecule has 168 valence electrons. The number of fused-ring (bicyclic) bond motifs is 1. The molecule has 0 unspecified atom stereocenters. The van der Waals surface area contributed by atoms with Crippen molar-refractivity contribution in [3.8, 4) is 22.6 Å². The lowest BCUT2D eigenvalue weighted by molar-refractivity contribution is 0.141. The smallest absolute Gasteiger partial charge is 0.244 e. The minimum Gasteiger partial charge on any atom is -0.392 e. The van der Waals surface area contributed by atoms with Crippen molar-refractivity contribution in [3.05, 3.63) is 57.9 Å². The number of hydrogen-bond donors (Lipinski definition) is 2. The van der Waals surface area contributed by atoms with E-state index in [1.54, 1.807) is 24.4 Å². The van der Waals surface area contributed by atoms with Gasteiger partial charge < -0.3 is 10.1 Å². The van der Waals surface area contributed by atoms with Crippen LogP contribution in [0.2, 0.25) is 5.02 Å². The normalized spacial score (nSPS) is 23.6. The third kappa shape index (κ3) is 4.12. The van der Waals surface area contributed by atoms with Crippen molar-refractivity contribution < 1.29 is 17.9 Å². The second-order valence-corrected chi connectivity index (χ2v) is 11.6. The summed E-state index contributed by atoms with van der Waals surface area (Å²) in [5.74, 6) is 0.741. The first-order valence-corrected chi connectivity index (χ1v) is 12.8. The predicted molar refractivity (Wildman–Crippen MR) is 123 cm³/mol. The van der Waals surface area contributed by atoms with Gasteiger partial charge in [0.25, 0.3) is 0 Å². The van der Waals surface area contributed by atoms with Gasteiger partial charge in [0.05, 0.1) is 27.5 Å². The molecule has 0 radical (unpaired) electrons. The molecular formula is C22H20BrClFN3O3S. The fourth-order valence-electron chi connectivity index (χ4n) is 4.28. The SMILES string of the molecule is O=S(=O)(c1cc(-c2ncc(-c3ccc(Br)c(F)c3)[nH]2)ccc1Cl)N1C[C@H](O)C[C@@H]2C[C@@H]2C1. The first kappa shape index (κ1) is 22.0. The van der Waals surface area contributed by atoms with Gasteiger partial charge in [-0.25, -0.2) is 17.8 Å². The molecule has 6 nitrogen and oxygen atoms in total. The standard InChI is InChI=1S/C22H20BrClFN3O3S/c23-17-3-1-12(7-19(17)25)20-9-26-22(27-20)13-2-4-18(24)21(8-13)32(30,31)28-10-15-5-14(15)6-16(29)11-28/h1-4,7-9,14-16,29H,5-6,10-11H2,(H,26,27)/t14-,15+,16+/m0/s1. The molecule has 3 aromatic rings. The van der Waals surface area contributed by atoms with E-state index in [1.165, 1.54) is 22.5 Å². The maximum atomic E-state index is 13.9. The Morgan fingerprint density at radius 3 is 2.69 bits per heavy atom. The number of hydrogen-bond acceptors (Lipinski definition) is 4. The summed E-state index contributed by atoms with van der Waals surface area (Å²) >= 11 is 9.43. The molecule has 1 saturated carbocycles. The van der Waals surface area contributed by atoms with Crippen LogP contribution in [0.5, 0.6) is 0 Å². The molecule has 32 heavy (non-hydrogen) atoms. The lowest BCUT2D eigenvalue weighted by Crippen LogP contribution is -2.37. The third-order valence-electron chi connectivity index (χ3n) is 6.13. The molecule has 1 aliphatic heterocycles. The second-order valence-electron chi connectivity index (χ2n) is 8.39. The highest BCUT2D eigenvalue weighted by molar-refractivity contribution is 9.10. The van der Waals surface area contributed by atoms with E-state index in [1.807, 2.05) is 0 Å². The summed E-state index contributed by atoms with van der Waals surface area (Å²) in [5.41, 5.74) is 1.75. The summed E-state index contributed by atoms with van der Waals surface area (Å²) in [6.45, 7) is 0.459. The van der Waals surface area contributed by atoms with Crippen LogP contribution in [0.3, 0.4) is 0 Å². The van der Waals surface area contributed by atoms with Gasteiger partial charge in [-0.15, -0.1) is 0 Å². The number of aromatic amines is 1. The Bertz CT molecular complexity index is 1300. The maximum Gasteiger partial charge on any atom is 0.244 e. The van der Waals surface area contributed by atoms with Crippen LogP contribution >= 0.6 is 27.5 Å². The minimum absolute atomic E-state index is 0.0180. The Hall–Kier alpha value is -1.78. The van der Waals surface area contributed by atoms with Gasteiger partial charge in [0.1, 0.15) is 16.5 Å². The maximum absolute atomic E-state index is 13.9. The average molecular weight is 541 g/mol. The molecule has 2 N–H and O–H groups in total. The predicted octanol–water partition coefficient (Wildman–Crippen LogP) is 4.69. The number of H-pyrrole nitrogens is 1. The monoisotopic (exact) mass is 539 g/mol. The third-order valence-corrected chi connectivity index (χ3v) is 9.08. The van der Waals surface area contributed by atoms with Gasteiger partial charge in [0, 0.05) is 24.2 Å². The van der Waals surface area contributed by atoms with Crippen molar-refractivity contribution in [2.75, 3.05) is 13.1 Å². The van der Waals surface area contributed by atoms with Gasteiger partial charge in [-0.3, -0.25) is 0 Å². The number of nitrogens with zero attached hydrogens (tertiary/aromatic N) is 2. The Morgan fingerprint density at radius 1 is 1.12 bits per heavy atom.